The van der Waals surface area contributed by atoms with Gasteiger partial charge in [0.05, 0.1) is 39.8 Å². The summed E-state index contributed by atoms with van der Waals surface area (Å²) in [6.07, 6.45) is -5.06. The van der Waals surface area contributed by atoms with Crippen LogP contribution in [0.1, 0.15) is 29.1 Å². The zero-order valence-corrected chi connectivity index (χ0v) is 20.7. The summed E-state index contributed by atoms with van der Waals surface area (Å²) in [6, 6.07) is 8.78. The Kier molecular flexibility index (Phi) is 8.98. The summed E-state index contributed by atoms with van der Waals surface area (Å²) in [6.45, 7) is -0.0724. The third kappa shape index (κ3) is 7.58. The zero-order chi connectivity index (χ0) is 28.9. The lowest BCUT2D eigenvalue weighted by Gasteiger charge is -2.08. The summed E-state index contributed by atoms with van der Waals surface area (Å²) in [4.78, 5) is 48.0. The maximum absolute atomic E-state index is 12.9. The molecule has 4 rings (SSSR count). The number of carboxylic acid groups (broad SMARTS) is 3. The zero-order valence-electron chi connectivity index (χ0n) is 19.9. The molecule has 1 unspecified atom stereocenters. The van der Waals surface area contributed by atoms with Crippen molar-refractivity contribution in [3.05, 3.63) is 69.1 Å². The predicted molar refractivity (Wildman–Crippen MR) is 134 cm³/mol. The van der Waals surface area contributed by atoms with E-state index in [4.69, 9.17) is 21.1 Å². The number of carbonyl (C=O) groups is 3. The van der Waals surface area contributed by atoms with Gasteiger partial charge in [0.25, 0.3) is 5.56 Å². The molecule has 0 fully saturated rings. The maximum atomic E-state index is 12.9. The quantitative estimate of drug-likeness (QED) is 0.247. The van der Waals surface area contributed by atoms with Crippen molar-refractivity contribution >= 4 is 50.2 Å². The molecule has 11 nitrogen and oxygen atoms in total. The number of halogens is 3. The molecule has 0 amide bonds. The van der Waals surface area contributed by atoms with Gasteiger partial charge in [-0.25, -0.2) is 9.67 Å². The van der Waals surface area contributed by atoms with Gasteiger partial charge in [0.1, 0.15) is 11.0 Å². The number of thiazole rings is 1. The number of nitrogens with zero attached hydrogens (tertiary/aromatic N) is 3. The number of aromatic nitrogens is 3. The van der Waals surface area contributed by atoms with E-state index in [-0.39, 0.29) is 37.0 Å². The summed E-state index contributed by atoms with van der Waals surface area (Å²) in [5, 5.41) is 30.7. The van der Waals surface area contributed by atoms with Gasteiger partial charge < -0.3 is 21.1 Å². The van der Waals surface area contributed by atoms with Crippen molar-refractivity contribution < 1.29 is 42.9 Å². The van der Waals surface area contributed by atoms with E-state index in [1.807, 2.05) is 0 Å². The van der Waals surface area contributed by atoms with Gasteiger partial charge in [-0.15, -0.1) is 11.3 Å². The first-order valence-electron chi connectivity index (χ1n) is 11.1. The fraction of sp³-hybridized carbons (Fsp3) is 0.250. The molecule has 4 aromatic rings. The molecule has 0 saturated heterocycles. The van der Waals surface area contributed by atoms with Crippen LogP contribution < -0.4 is 11.3 Å². The number of benzene rings is 2. The number of hydrogen-bond donors (Lipinski definition) is 4. The summed E-state index contributed by atoms with van der Waals surface area (Å²) in [5.74, 6) is -3.29. The lowest BCUT2D eigenvalue weighted by Crippen LogP contribution is -2.30. The molecule has 2 aromatic carbocycles. The predicted octanol–water partition coefficient (Wildman–Crippen LogP) is 2.96. The SMILES string of the molecule is NC(CCC(=O)O)C(=O)O.O=C(O)Cc1nn(Cc2nc3cc(C(F)(F)F)ccc3s2)c(=O)c2ccccc12. The van der Waals surface area contributed by atoms with Gasteiger partial charge in [-0.2, -0.15) is 18.3 Å². The first-order chi connectivity index (χ1) is 18.3. The molecule has 206 valence electrons. The van der Waals surface area contributed by atoms with Crippen LogP contribution in [-0.4, -0.2) is 54.0 Å². The Morgan fingerprint density at radius 3 is 2.28 bits per heavy atom. The second kappa shape index (κ2) is 12.0. The lowest BCUT2D eigenvalue weighted by molar-refractivity contribution is -0.140. The fourth-order valence-corrected chi connectivity index (χ4v) is 4.37. The van der Waals surface area contributed by atoms with E-state index in [0.717, 1.165) is 28.2 Å². The molecule has 2 heterocycles. The summed E-state index contributed by atoms with van der Waals surface area (Å²) in [5.41, 5.74) is 4.19. The Labute approximate surface area is 220 Å². The first kappa shape index (κ1) is 29.2. The van der Waals surface area contributed by atoms with Crippen molar-refractivity contribution in [3.8, 4) is 0 Å². The van der Waals surface area contributed by atoms with Crippen LogP contribution in [0.15, 0.2) is 47.3 Å². The molecule has 0 aliphatic carbocycles. The highest BCUT2D eigenvalue weighted by Crippen LogP contribution is 2.33. The molecular weight excluding hydrogens is 545 g/mol. The van der Waals surface area contributed by atoms with Gasteiger partial charge in [0, 0.05) is 11.8 Å². The third-order valence-electron chi connectivity index (χ3n) is 5.29. The van der Waals surface area contributed by atoms with E-state index in [1.165, 1.54) is 6.07 Å². The number of nitrogens with two attached hydrogens (primary N) is 1. The highest BCUT2D eigenvalue weighted by molar-refractivity contribution is 7.18. The van der Waals surface area contributed by atoms with Gasteiger partial charge in [-0.1, -0.05) is 18.2 Å². The third-order valence-corrected chi connectivity index (χ3v) is 6.31. The smallest absolute Gasteiger partial charge is 0.416 e. The molecule has 39 heavy (non-hydrogen) atoms. The van der Waals surface area contributed by atoms with Gasteiger partial charge in [0.2, 0.25) is 0 Å². The minimum atomic E-state index is -4.47. The number of rotatable bonds is 8. The van der Waals surface area contributed by atoms with Gasteiger partial charge in [-0.05, 0) is 30.7 Å². The Balaban J connectivity index is 0.000000360. The van der Waals surface area contributed by atoms with E-state index >= 15 is 0 Å². The maximum Gasteiger partial charge on any atom is 0.416 e. The Morgan fingerprint density at radius 1 is 1.03 bits per heavy atom. The van der Waals surface area contributed by atoms with E-state index in [1.54, 1.807) is 24.3 Å². The molecule has 0 aliphatic heterocycles. The van der Waals surface area contributed by atoms with Crippen LogP contribution in [-0.2, 0) is 33.5 Å². The largest absolute Gasteiger partial charge is 0.481 e. The highest BCUT2D eigenvalue weighted by atomic mass is 32.1. The van der Waals surface area contributed by atoms with Crippen molar-refractivity contribution in [2.75, 3.05) is 0 Å². The molecule has 2 aromatic heterocycles. The summed E-state index contributed by atoms with van der Waals surface area (Å²) in [7, 11) is 0. The molecule has 0 aliphatic rings. The van der Waals surface area contributed by atoms with Crippen LogP contribution in [0.2, 0.25) is 0 Å². The summed E-state index contributed by atoms with van der Waals surface area (Å²) < 4.78 is 40.3. The Hall–Kier alpha value is -4.37. The Morgan fingerprint density at radius 2 is 1.69 bits per heavy atom. The fourth-order valence-electron chi connectivity index (χ4n) is 3.44. The first-order valence-corrected chi connectivity index (χ1v) is 11.9. The molecular formula is C24H21F3N4O7S. The minimum Gasteiger partial charge on any atom is -0.481 e. The van der Waals surface area contributed by atoms with Crippen molar-refractivity contribution in [2.24, 2.45) is 5.73 Å². The van der Waals surface area contributed by atoms with Gasteiger partial charge in [-0.3, -0.25) is 19.2 Å². The number of alkyl halides is 3. The van der Waals surface area contributed by atoms with Gasteiger partial charge >= 0.3 is 24.1 Å². The van der Waals surface area contributed by atoms with E-state index in [2.05, 4.69) is 10.1 Å². The van der Waals surface area contributed by atoms with Crippen LogP contribution in [0.4, 0.5) is 13.2 Å². The normalized spacial score (nSPS) is 12.1. The topological polar surface area (TPSA) is 186 Å². The monoisotopic (exact) mass is 566 g/mol. The second-order valence-electron chi connectivity index (χ2n) is 8.19. The lowest BCUT2D eigenvalue weighted by atomic mass is 10.1. The molecule has 0 radical (unpaired) electrons. The number of hydrogen-bond acceptors (Lipinski definition) is 8. The Bertz CT molecular complexity index is 1600. The number of fused-ring (bicyclic) bond motifs is 2. The molecule has 0 spiro atoms. The van der Waals surface area contributed by atoms with Crippen molar-refractivity contribution in [1.82, 2.24) is 14.8 Å². The molecule has 15 heteroatoms. The van der Waals surface area contributed by atoms with Crippen LogP contribution >= 0.6 is 11.3 Å². The molecule has 1 atom stereocenters. The van der Waals surface area contributed by atoms with E-state index in [9.17, 15) is 32.3 Å². The summed E-state index contributed by atoms with van der Waals surface area (Å²) >= 11 is 1.15. The van der Waals surface area contributed by atoms with Crippen LogP contribution in [0.25, 0.3) is 21.0 Å². The van der Waals surface area contributed by atoms with Crippen molar-refractivity contribution in [3.63, 3.8) is 0 Å². The number of aliphatic carboxylic acids is 3. The number of carboxylic acids is 3. The minimum absolute atomic E-state index is 0.0231. The molecule has 5 N–H and O–H groups in total. The molecule has 0 saturated carbocycles. The van der Waals surface area contributed by atoms with Crippen LogP contribution in [0.5, 0.6) is 0 Å². The van der Waals surface area contributed by atoms with Crippen LogP contribution in [0, 0.1) is 0 Å². The standard InChI is InChI=1S/C19H12F3N3O3S.C5H9NO4/c20-19(21,22)10-5-6-15-14(7-10)23-16(29-15)9-25-18(28)12-4-2-1-3-11(12)13(24-25)8-17(26)27;6-3(5(9)10)1-2-4(7)8/h1-7H,8-9H2,(H,26,27);3H,1-2,6H2,(H,7,8)(H,9,10). The van der Waals surface area contributed by atoms with Gasteiger partial charge in [0.15, 0.2) is 0 Å². The van der Waals surface area contributed by atoms with E-state index < -0.39 is 41.2 Å². The average molecular weight is 567 g/mol. The second-order valence-corrected chi connectivity index (χ2v) is 9.31. The highest BCUT2D eigenvalue weighted by Gasteiger charge is 2.30. The van der Waals surface area contributed by atoms with Crippen molar-refractivity contribution in [2.45, 2.75) is 38.0 Å². The van der Waals surface area contributed by atoms with Crippen LogP contribution in [0.3, 0.4) is 0 Å². The van der Waals surface area contributed by atoms with Crippen molar-refractivity contribution in [1.29, 1.82) is 0 Å². The molecule has 0 bridgehead atoms. The van der Waals surface area contributed by atoms with E-state index in [0.29, 0.717) is 20.5 Å². The average Bonchev–Trinajstić information content (AvgIpc) is 3.26.